The Hall–Kier alpha value is -3.39. The Morgan fingerprint density at radius 3 is 2.52 bits per heavy atom. The summed E-state index contributed by atoms with van der Waals surface area (Å²) in [5.74, 6) is -0.666. The van der Waals surface area contributed by atoms with Gasteiger partial charge in [0, 0.05) is 5.69 Å². The predicted molar refractivity (Wildman–Crippen MR) is 124 cm³/mol. The third-order valence-electron chi connectivity index (χ3n) is 4.36. The van der Waals surface area contributed by atoms with Crippen molar-refractivity contribution in [3.05, 3.63) is 98.4 Å². The summed E-state index contributed by atoms with van der Waals surface area (Å²) in [7, 11) is 0. The molecule has 1 N–H and O–H groups in total. The van der Waals surface area contributed by atoms with E-state index >= 15 is 0 Å². The molecular weight excluding hydrogens is 551 g/mol. The molecule has 0 saturated carbocycles. The molecule has 33 heavy (non-hydrogen) atoms. The number of amides is 1. The maximum absolute atomic E-state index is 13.3. The van der Waals surface area contributed by atoms with Crippen LogP contribution in [0.25, 0.3) is 6.08 Å². The molecule has 0 aromatic heterocycles. The van der Waals surface area contributed by atoms with Crippen LogP contribution in [0.4, 0.5) is 23.2 Å². The van der Waals surface area contributed by atoms with Crippen LogP contribution in [0.1, 0.15) is 16.7 Å². The minimum absolute atomic E-state index is 0.0772. The zero-order valence-corrected chi connectivity index (χ0v) is 18.9. The first-order valence-corrected chi connectivity index (χ1v) is 10.5. The zero-order valence-electron chi connectivity index (χ0n) is 16.8. The van der Waals surface area contributed by atoms with Crippen molar-refractivity contribution < 1.29 is 27.1 Å². The first-order valence-electron chi connectivity index (χ1n) is 9.43. The molecule has 3 rings (SSSR count). The zero-order chi connectivity index (χ0) is 24.0. The van der Waals surface area contributed by atoms with E-state index in [9.17, 15) is 27.6 Å². The normalized spacial score (nSPS) is 11.6. The lowest BCUT2D eigenvalue weighted by atomic mass is 10.1. The van der Waals surface area contributed by atoms with Gasteiger partial charge >= 0.3 is 6.18 Å². The molecule has 0 atom stereocenters. The Balaban J connectivity index is 1.72. The van der Waals surface area contributed by atoms with E-state index in [1.54, 1.807) is 36.4 Å². The van der Waals surface area contributed by atoms with Gasteiger partial charge in [-0.25, -0.2) is 4.39 Å². The Labute approximate surface area is 200 Å². The van der Waals surface area contributed by atoms with E-state index in [0.717, 1.165) is 12.1 Å². The van der Waals surface area contributed by atoms with Crippen LogP contribution in [0.15, 0.2) is 72.3 Å². The number of nitriles is 1. The highest BCUT2D eigenvalue weighted by molar-refractivity contribution is 14.1. The van der Waals surface area contributed by atoms with E-state index in [1.165, 1.54) is 30.3 Å². The van der Waals surface area contributed by atoms with Crippen molar-refractivity contribution in [2.24, 2.45) is 0 Å². The van der Waals surface area contributed by atoms with E-state index < -0.39 is 17.6 Å². The van der Waals surface area contributed by atoms with Gasteiger partial charge in [-0.1, -0.05) is 24.3 Å². The average molecular weight is 566 g/mol. The van der Waals surface area contributed by atoms with E-state index in [-0.39, 0.29) is 23.7 Å². The lowest BCUT2D eigenvalue weighted by molar-refractivity contribution is -0.137. The van der Waals surface area contributed by atoms with Crippen molar-refractivity contribution in [1.29, 1.82) is 5.26 Å². The van der Waals surface area contributed by atoms with Crippen LogP contribution in [0.3, 0.4) is 0 Å². The van der Waals surface area contributed by atoms with Crippen LogP contribution in [0, 0.1) is 20.7 Å². The Bertz CT molecular complexity index is 1250. The smallest absolute Gasteiger partial charge is 0.416 e. The molecule has 168 valence electrons. The number of halogens is 5. The number of hydrogen-bond donors (Lipinski definition) is 1. The number of alkyl halides is 3. The van der Waals surface area contributed by atoms with Crippen LogP contribution < -0.4 is 10.1 Å². The third kappa shape index (κ3) is 6.79. The maximum Gasteiger partial charge on any atom is 0.416 e. The van der Waals surface area contributed by atoms with Gasteiger partial charge in [-0.05, 0) is 82.3 Å². The quantitative estimate of drug-likeness (QED) is 0.159. The molecule has 0 heterocycles. The van der Waals surface area contributed by atoms with Gasteiger partial charge in [0.15, 0.2) is 0 Å². The summed E-state index contributed by atoms with van der Waals surface area (Å²) < 4.78 is 58.2. The molecule has 0 spiro atoms. The molecule has 0 fully saturated rings. The van der Waals surface area contributed by atoms with E-state index in [1.807, 2.05) is 22.6 Å². The molecule has 0 bridgehead atoms. The molecule has 4 nitrogen and oxygen atoms in total. The van der Waals surface area contributed by atoms with Crippen molar-refractivity contribution in [1.82, 2.24) is 0 Å². The van der Waals surface area contributed by atoms with Gasteiger partial charge in [0.05, 0.1) is 9.13 Å². The number of ether oxygens (including phenoxy) is 1. The molecule has 3 aromatic carbocycles. The summed E-state index contributed by atoms with van der Waals surface area (Å²) in [6.45, 7) is 0.159. The summed E-state index contributed by atoms with van der Waals surface area (Å²) >= 11 is 2.02. The number of carbonyl (C=O) groups is 1. The van der Waals surface area contributed by atoms with Crippen LogP contribution in [0.2, 0.25) is 0 Å². The van der Waals surface area contributed by atoms with Crippen molar-refractivity contribution in [3.63, 3.8) is 0 Å². The number of hydrogen-bond acceptors (Lipinski definition) is 3. The second kappa shape index (κ2) is 10.5. The molecule has 0 radical (unpaired) electrons. The van der Waals surface area contributed by atoms with Gasteiger partial charge in [-0.3, -0.25) is 4.79 Å². The van der Waals surface area contributed by atoms with Crippen molar-refractivity contribution in [2.45, 2.75) is 12.8 Å². The van der Waals surface area contributed by atoms with Gasteiger partial charge < -0.3 is 10.1 Å². The summed E-state index contributed by atoms with van der Waals surface area (Å²) in [5, 5.41) is 11.7. The molecule has 0 aliphatic carbocycles. The summed E-state index contributed by atoms with van der Waals surface area (Å²) in [6.07, 6.45) is -3.23. The number of anilines is 1. The fraction of sp³-hybridized carbons (Fsp3) is 0.0833. The van der Waals surface area contributed by atoms with Crippen molar-refractivity contribution >= 4 is 40.3 Å². The fourth-order valence-corrected chi connectivity index (χ4v) is 3.49. The van der Waals surface area contributed by atoms with Crippen LogP contribution >= 0.6 is 22.6 Å². The highest BCUT2D eigenvalue weighted by Crippen LogP contribution is 2.31. The molecule has 9 heteroatoms. The number of carbonyl (C=O) groups excluding carboxylic acids is 1. The predicted octanol–water partition coefficient (Wildman–Crippen LogP) is 6.57. The molecule has 0 aliphatic heterocycles. The van der Waals surface area contributed by atoms with Gasteiger partial charge in [0.1, 0.15) is 29.8 Å². The Morgan fingerprint density at radius 1 is 1.09 bits per heavy atom. The third-order valence-corrected chi connectivity index (χ3v) is 5.21. The van der Waals surface area contributed by atoms with Gasteiger partial charge in [-0.15, -0.1) is 0 Å². The number of benzene rings is 3. The van der Waals surface area contributed by atoms with Crippen molar-refractivity contribution in [2.75, 3.05) is 5.32 Å². The summed E-state index contributed by atoms with van der Waals surface area (Å²) in [6, 6.07) is 16.9. The summed E-state index contributed by atoms with van der Waals surface area (Å²) in [5.41, 5.74) is -0.0875. The molecule has 0 saturated heterocycles. The molecule has 0 aliphatic rings. The van der Waals surface area contributed by atoms with E-state index in [4.69, 9.17) is 4.74 Å². The van der Waals surface area contributed by atoms with Gasteiger partial charge in [0.2, 0.25) is 0 Å². The molecule has 0 unspecified atom stereocenters. The summed E-state index contributed by atoms with van der Waals surface area (Å²) in [4.78, 5) is 12.4. The van der Waals surface area contributed by atoms with Crippen LogP contribution in [0.5, 0.6) is 5.75 Å². The molecular formula is C24H15F4IN2O2. The fourth-order valence-electron chi connectivity index (χ4n) is 2.80. The Morgan fingerprint density at radius 2 is 1.85 bits per heavy atom. The highest BCUT2D eigenvalue weighted by Gasteiger charge is 2.30. The van der Waals surface area contributed by atoms with Gasteiger partial charge in [-0.2, -0.15) is 18.4 Å². The Kier molecular flexibility index (Phi) is 7.71. The first kappa shape index (κ1) is 24.3. The largest absolute Gasteiger partial charge is 0.488 e. The minimum Gasteiger partial charge on any atom is -0.488 e. The lowest BCUT2D eigenvalue weighted by Gasteiger charge is -2.10. The molecule has 1 amide bonds. The SMILES string of the molecule is N#C/C(=C/c1ccc(OCc2cccc(F)c2)c(I)c1)C(=O)Nc1cccc(C(F)(F)F)c1. The van der Waals surface area contributed by atoms with Crippen molar-refractivity contribution in [3.8, 4) is 11.8 Å². The van der Waals surface area contributed by atoms with E-state index in [0.29, 0.717) is 20.4 Å². The first-order chi connectivity index (χ1) is 15.7. The monoisotopic (exact) mass is 566 g/mol. The minimum atomic E-state index is -4.55. The van der Waals surface area contributed by atoms with Crippen LogP contribution in [-0.4, -0.2) is 5.91 Å². The second-order valence-corrected chi connectivity index (χ2v) is 7.97. The van der Waals surface area contributed by atoms with Gasteiger partial charge in [0.25, 0.3) is 5.91 Å². The van der Waals surface area contributed by atoms with Crippen LogP contribution in [-0.2, 0) is 17.6 Å². The van der Waals surface area contributed by atoms with E-state index in [2.05, 4.69) is 5.32 Å². The standard InChI is InChI=1S/C24H15F4IN2O2/c25-19-5-1-3-16(10-19)14-33-22-8-7-15(11-21(22)29)9-17(13-30)23(32)31-20-6-2-4-18(12-20)24(26,27)28/h1-12H,14H2,(H,31,32)/b17-9-. The number of rotatable bonds is 6. The average Bonchev–Trinajstić information content (AvgIpc) is 2.76. The number of nitrogens with zero attached hydrogens (tertiary/aromatic N) is 1. The second-order valence-electron chi connectivity index (χ2n) is 6.81. The molecule has 3 aromatic rings. The topological polar surface area (TPSA) is 62.1 Å². The number of nitrogens with one attached hydrogen (secondary N) is 1. The highest BCUT2D eigenvalue weighted by atomic mass is 127. The maximum atomic E-state index is 13.3. The lowest BCUT2D eigenvalue weighted by Crippen LogP contribution is -2.14.